The van der Waals surface area contributed by atoms with Gasteiger partial charge in [-0.25, -0.2) is 0 Å². The summed E-state index contributed by atoms with van der Waals surface area (Å²) in [5.74, 6) is 0.299. The highest BCUT2D eigenvalue weighted by Gasteiger charge is 2.19. The number of ether oxygens (including phenoxy) is 3. The van der Waals surface area contributed by atoms with Crippen LogP contribution in [0.15, 0.2) is 18.5 Å². The molecule has 1 aromatic heterocycles. The number of carbonyl (C=O) groups excluding carboxylic acids is 1. The Morgan fingerprint density at radius 2 is 2.06 bits per heavy atom. The summed E-state index contributed by atoms with van der Waals surface area (Å²) in [6, 6.07) is 1.63. The molecule has 0 fully saturated rings. The van der Waals surface area contributed by atoms with Gasteiger partial charge in [-0.1, -0.05) is 6.92 Å². The molecule has 1 rings (SSSR count). The molecule has 0 bridgehead atoms. The molecule has 0 aromatic carbocycles. The smallest absolute Gasteiger partial charge is 0.222 e. The third-order valence-corrected chi connectivity index (χ3v) is 2.11. The van der Waals surface area contributed by atoms with Gasteiger partial charge >= 0.3 is 0 Å². The summed E-state index contributed by atoms with van der Waals surface area (Å²) in [6.45, 7) is 2.60. The molecule has 17 heavy (non-hydrogen) atoms. The SMILES string of the molecule is CCCOc1cncc(C(=O)C(OC)OC)c1. The van der Waals surface area contributed by atoms with E-state index in [0.29, 0.717) is 17.9 Å². The number of nitrogens with zero attached hydrogens (tertiary/aromatic N) is 1. The van der Waals surface area contributed by atoms with Gasteiger partial charge in [-0.05, 0) is 12.5 Å². The van der Waals surface area contributed by atoms with Crippen molar-refractivity contribution in [2.45, 2.75) is 19.6 Å². The molecule has 1 heterocycles. The van der Waals surface area contributed by atoms with Gasteiger partial charge in [-0.2, -0.15) is 0 Å². The Balaban J connectivity index is 2.79. The molecule has 5 heteroatoms. The highest BCUT2D eigenvalue weighted by Crippen LogP contribution is 2.14. The Bertz CT molecular complexity index is 363. The molecule has 5 nitrogen and oxygen atoms in total. The van der Waals surface area contributed by atoms with Gasteiger partial charge in [-0.3, -0.25) is 9.78 Å². The molecule has 0 amide bonds. The normalized spacial score (nSPS) is 10.6. The highest BCUT2D eigenvalue weighted by atomic mass is 16.7. The molecule has 0 N–H and O–H groups in total. The number of hydrogen-bond donors (Lipinski definition) is 0. The van der Waals surface area contributed by atoms with Gasteiger partial charge in [0.05, 0.1) is 12.8 Å². The minimum absolute atomic E-state index is 0.274. The van der Waals surface area contributed by atoms with Gasteiger partial charge in [0.2, 0.25) is 12.1 Å². The number of pyridine rings is 1. The molecular weight excluding hydrogens is 222 g/mol. The van der Waals surface area contributed by atoms with E-state index in [2.05, 4.69) is 4.98 Å². The van der Waals surface area contributed by atoms with Crippen LogP contribution in [0.25, 0.3) is 0 Å². The van der Waals surface area contributed by atoms with Crippen LogP contribution in [0.1, 0.15) is 23.7 Å². The van der Waals surface area contributed by atoms with Crippen molar-refractivity contribution in [2.24, 2.45) is 0 Å². The lowest BCUT2D eigenvalue weighted by Crippen LogP contribution is -2.25. The van der Waals surface area contributed by atoms with Crippen LogP contribution < -0.4 is 4.74 Å². The Morgan fingerprint density at radius 3 is 2.65 bits per heavy atom. The molecule has 0 radical (unpaired) electrons. The van der Waals surface area contributed by atoms with E-state index in [1.54, 1.807) is 12.3 Å². The van der Waals surface area contributed by atoms with Crippen LogP contribution in [0, 0.1) is 0 Å². The summed E-state index contributed by atoms with van der Waals surface area (Å²) in [5, 5.41) is 0. The topological polar surface area (TPSA) is 57.7 Å². The Hall–Kier alpha value is -1.46. The van der Waals surface area contributed by atoms with E-state index in [1.807, 2.05) is 6.92 Å². The Labute approximate surface area is 101 Å². The number of aromatic nitrogens is 1. The monoisotopic (exact) mass is 239 g/mol. The van der Waals surface area contributed by atoms with Crippen molar-refractivity contribution in [1.29, 1.82) is 0 Å². The maximum absolute atomic E-state index is 11.9. The van der Waals surface area contributed by atoms with Gasteiger partial charge in [-0.15, -0.1) is 0 Å². The first-order chi connectivity index (χ1) is 8.22. The second kappa shape index (κ2) is 6.98. The fraction of sp³-hybridized carbons (Fsp3) is 0.500. The molecule has 0 atom stereocenters. The van der Waals surface area contributed by atoms with Crippen LogP contribution >= 0.6 is 0 Å². The second-order valence-electron chi connectivity index (χ2n) is 3.43. The van der Waals surface area contributed by atoms with Crippen molar-refractivity contribution in [3.05, 3.63) is 24.0 Å². The number of carbonyl (C=O) groups is 1. The number of Topliss-reactive ketones (excluding diaryl/α,β-unsaturated/α-hetero) is 1. The lowest BCUT2D eigenvalue weighted by Gasteiger charge is -2.12. The fourth-order valence-corrected chi connectivity index (χ4v) is 1.30. The van der Waals surface area contributed by atoms with Crippen molar-refractivity contribution in [3.8, 4) is 5.75 Å². The van der Waals surface area contributed by atoms with Gasteiger partial charge in [0.25, 0.3) is 0 Å². The summed E-state index contributed by atoms with van der Waals surface area (Å²) in [7, 11) is 2.83. The van der Waals surface area contributed by atoms with Crippen LogP contribution in [0.2, 0.25) is 0 Å². The van der Waals surface area contributed by atoms with Crippen LogP contribution in [0.3, 0.4) is 0 Å². The van der Waals surface area contributed by atoms with E-state index in [4.69, 9.17) is 14.2 Å². The van der Waals surface area contributed by atoms with Crippen molar-refractivity contribution in [1.82, 2.24) is 4.98 Å². The molecule has 0 aliphatic carbocycles. The minimum Gasteiger partial charge on any atom is -0.492 e. The van der Waals surface area contributed by atoms with Gasteiger partial charge in [0, 0.05) is 26.0 Å². The van der Waals surface area contributed by atoms with Crippen molar-refractivity contribution >= 4 is 5.78 Å². The standard InChI is InChI=1S/C12H17NO4/c1-4-5-17-10-6-9(7-13-8-10)11(14)12(15-2)16-3/h6-8,12H,4-5H2,1-3H3. The quantitative estimate of drug-likeness (QED) is 0.535. The van der Waals surface area contributed by atoms with Crippen molar-refractivity contribution in [3.63, 3.8) is 0 Å². The summed E-state index contributed by atoms with van der Waals surface area (Å²) in [6.07, 6.45) is 3.03. The molecule has 0 spiro atoms. The van der Waals surface area contributed by atoms with Crippen molar-refractivity contribution in [2.75, 3.05) is 20.8 Å². The first-order valence-corrected chi connectivity index (χ1v) is 5.40. The zero-order valence-corrected chi connectivity index (χ0v) is 10.3. The average Bonchev–Trinajstić information content (AvgIpc) is 2.38. The molecule has 0 unspecified atom stereocenters. The molecule has 0 aliphatic heterocycles. The van der Waals surface area contributed by atoms with Gasteiger partial charge in [0.1, 0.15) is 5.75 Å². The van der Waals surface area contributed by atoms with Crippen LogP contribution in [-0.2, 0) is 9.47 Å². The maximum atomic E-state index is 11.9. The summed E-state index contributed by atoms with van der Waals surface area (Å²) in [5.41, 5.74) is 0.410. The molecule has 0 saturated heterocycles. The molecule has 0 aliphatic rings. The molecule has 0 saturated carbocycles. The predicted molar refractivity (Wildman–Crippen MR) is 62.2 cm³/mol. The number of rotatable bonds is 7. The van der Waals surface area contributed by atoms with Crippen LogP contribution in [0.4, 0.5) is 0 Å². The predicted octanol–water partition coefficient (Wildman–Crippen LogP) is 1.67. The minimum atomic E-state index is -0.904. The first kappa shape index (κ1) is 13.6. The average molecular weight is 239 g/mol. The van der Waals surface area contributed by atoms with E-state index in [1.165, 1.54) is 20.4 Å². The summed E-state index contributed by atoms with van der Waals surface area (Å²) < 4.78 is 15.2. The molecule has 1 aromatic rings. The van der Waals surface area contributed by atoms with E-state index < -0.39 is 6.29 Å². The number of ketones is 1. The Morgan fingerprint density at radius 1 is 1.35 bits per heavy atom. The first-order valence-electron chi connectivity index (χ1n) is 5.40. The Kier molecular flexibility index (Phi) is 5.59. The van der Waals surface area contributed by atoms with Crippen molar-refractivity contribution < 1.29 is 19.0 Å². The summed E-state index contributed by atoms with van der Waals surface area (Å²) >= 11 is 0. The number of hydrogen-bond acceptors (Lipinski definition) is 5. The van der Waals surface area contributed by atoms with Gasteiger partial charge < -0.3 is 14.2 Å². The van der Waals surface area contributed by atoms with Crippen LogP contribution in [-0.4, -0.2) is 37.9 Å². The van der Waals surface area contributed by atoms with E-state index in [-0.39, 0.29) is 5.78 Å². The lowest BCUT2D eigenvalue weighted by atomic mass is 10.2. The third kappa shape index (κ3) is 3.80. The van der Waals surface area contributed by atoms with Gasteiger partial charge in [0.15, 0.2) is 0 Å². The maximum Gasteiger partial charge on any atom is 0.222 e. The third-order valence-electron chi connectivity index (χ3n) is 2.11. The lowest BCUT2D eigenvalue weighted by molar-refractivity contribution is -0.0742. The second-order valence-corrected chi connectivity index (χ2v) is 3.43. The van der Waals surface area contributed by atoms with E-state index in [0.717, 1.165) is 6.42 Å². The van der Waals surface area contributed by atoms with E-state index >= 15 is 0 Å². The molecular formula is C12H17NO4. The zero-order chi connectivity index (χ0) is 12.7. The fourth-order valence-electron chi connectivity index (χ4n) is 1.30. The molecule has 94 valence electrons. The summed E-state index contributed by atoms with van der Waals surface area (Å²) in [4.78, 5) is 15.8. The zero-order valence-electron chi connectivity index (χ0n) is 10.3. The van der Waals surface area contributed by atoms with Crippen LogP contribution in [0.5, 0.6) is 5.75 Å². The number of methoxy groups -OCH3 is 2. The highest BCUT2D eigenvalue weighted by molar-refractivity contribution is 5.98. The van der Waals surface area contributed by atoms with E-state index in [9.17, 15) is 4.79 Å². The largest absolute Gasteiger partial charge is 0.492 e.